The highest BCUT2D eigenvalue weighted by molar-refractivity contribution is 5.86. The number of fused-ring (bicyclic) bond motifs is 1. The van der Waals surface area contributed by atoms with Gasteiger partial charge in [-0.2, -0.15) is 0 Å². The maximum absolute atomic E-state index is 12.6. The zero-order valence-electron chi connectivity index (χ0n) is 20.0. The van der Waals surface area contributed by atoms with Crippen LogP contribution in [0.25, 0.3) is 21.3 Å². The minimum atomic E-state index is -1.02. The van der Waals surface area contributed by atoms with E-state index in [1.165, 1.54) is 24.8 Å². The van der Waals surface area contributed by atoms with Gasteiger partial charge in [-0.3, -0.25) is 14.3 Å². The van der Waals surface area contributed by atoms with Crippen LogP contribution in [-0.4, -0.2) is 58.5 Å². The van der Waals surface area contributed by atoms with Crippen LogP contribution in [0.15, 0.2) is 51.4 Å². The Morgan fingerprint density at radius 2 is 2.14 bits per heavy atom. The van der Waals surface area contributed by atoms with Crippen LogP contribution in [0.3, 0.4) is 0 Å². The van der Waals surface area contributed by atoms with Crippen molar-refractivity contribution in [2.24, 2.45) is 5.11 Å². The number of para-hydroxylation sites is 1. The molecule has 0 spiro atoms. The number of aromatic nitrogens is 3. The molecule has 0 bridgehead atoms. The molecule has 1 fully saturated rings. The first-order valence-corrected chi connectivity index (χ1v) is 11.4. The third-order valence-corrected chi connectivity index (χ3v) is 6.12. The Morgan fingerprint density at radius 1 is 1.35 bits per heavy atom. The summed E-state index contributed by atoms with van der Waals surface area (Å²) in [6, 6.07) is 5.77. The molecule has 194 valence electrons. The molecular weight excluding hydrogens is 486 g/mol. The summed E-state index contributed by atoms with van der Waals surface area (Å²) >= 11 is 0. The minimum absolute atomic E-state index is 0.121. The zero-order chi connectivity index (χ0) is 26.5. The monoisotopic (exact) mass is 511 g/mol. The van der Waals surface area contributed by atoms with Crippen LogP contribution in [0, 0.1) is 6.92 Å². The first-order chi connectivity index (χ1) is 17.8. The second-order valence-corrected chi connectivity index (χ2v) is 8.50. The van der Waals surface area contributed by atoms with Gasteiger partial charge in [0, 0.05) is 46.6 Å². The Morgan fingerprint density at radius 3 is 2.89 bits per heavy atom. The van der Waals surface area contributed by atoms with Gasteiger partial charge in [0.25, 0.3) is 5.56 Å². The van der Waals surface area contributed by atoms with Gasteiger partial charge in [0.2, 0.25) is 0 Å². The highest BCUT2D eigenvalue weighted by atomic mass is 16.6. The highest BCUT2D eigenvalue weighted by Gasteiger charge is 2.37. The van der Waals surface area contributed by atoms with Crippen molar-refractivity contribution in [3.8, 4) is 0 Å². The summed E-state index contributed by atoms with van der Waals surface area (Å²) in [5.41, 5.74) is 9.72. The number of hydrogen-bond acceptors (Lipinski definition) is 8. The van der Waals surface area contributed by atoms with Gasteiger partial charge in [0.1, 0.15) is 25.0 Å². The summed E-state index contributed by atoms with van der Waals surface area (Å²) in [6.07, 6.45) is 0.765. The largest absolute Gasteiger partial charge is 0.467 e. The van der Waals surface area contributed by atoms with E-state index in [9.17, 15) is 19.2 Å². The lowest BCUT2D eigenvalue weighted by atomic mass is 10.1. The lowest BCUT2D eigenvalue weighted by molar-refractivity contribution is -0.143. The molecule has 4 rings (SSSR count). The molecule has 1 aliphatic rings. The summed E-state index contributed by atoms with van der Waals surface area (Å²) in [4.78, 5) is 56.9. The molecular formula is C23H25N7O7. The fourth-order valence-electron chi connectivity index (χ4n) is 4.22. The Kier molecular flexibility index (Phi) is 7.60. The SMILES string of the molecule is COC(=O)[C@H](Cc1c[nH]c2ccccc12)NC(=O)OCC1OC(n2cc(C)c(=O)[nH]c2=O)CC1N=[N+]=[N-]. The van der Waals surface area contributed by atoms with Crippen LogP contribution in [-0.2, 0) is 25.4 Å². The molecule has 0 saturated carbocycles. The number of ether oxygens (including phenoxy) is 3. The van der Waals surface area contributed by atoms with Gasteiger partial charge in [-0.05, 0) is 24.1 Å². The van der Waals surface area contributed by atoms with Crippen molar-refractivity contribution in [1.82, 2.24) is 19.9 Å². The highest BCUT2D eigenvalue weighted by Crippen LogP contribution is 2.30. The molecule has 3 N–H and O–H groups in total. The number of aromatic amines is 2. The average Bonchev–Trinajstić information content (AvgIpc) is 3.48. The van der Waals surface area contributed by atoms with Crippen LogP contribution < -0.4 is 16.6 Å². The minimum Gasteiger partial charge on any atom is -0.467 e. The molecule has 3 aromatic rings. The van der Waals surface area contributed by atoms with E-state index in [0.717, 1.165) is 16.5 Å². The number of amides is 1. The van der Waals surface area contributed by atoms with Crippen LogP contribution in [0.5, 0.6) is 0 Å². The number of hydrogen-bond donors (Lipinski definition) is 3. The lowest BCUT2D eigenvalue weighted by Gasteiger charge is -2.19. The Balaban J connectivity index is 1.42. The molecule has 4 atom stereocenters. The first-order valence-electron chi connectivity index (χ1n) is 11.4. The molecule has 3 heterocycles. The van der Waals surface area contributed by atoms with Crippen LogP contribution in [0.4, 0.5) is 4.79 Å². The second-order valence-electron chi connectivity index (χ2n) is 8.50. The maximum Gasteiger partial charge on any atom is 0.407 e. The molecule has 1 saturated heterocycles. The third kappa shape index (κ3) is 5.66. The summed E-state index contributed by atoms with van der Waals surface area (Å²) in [5, 5.41) is 7.10. The molecule has 0 radical (unpaired) electrons. The molecule has 0 aliphatic carbocycles. The van der Waals surface area contributed by atoms with Crippen LogP contribution in [0.2, 0.25) is 0 Å². The van der Waals surface area contributed by atoms with E-state index in [0.29, 0.717) is 5.56 Å². The van der Waals surface area contributed by atoms with Gasteiger partial charge in [-0.25, -0.2) is 14.4 Å². The van der Waals surface area contributed by atoms with Crippen molar-refractivity contribution >= 4 is 23.0 Å². The van der Waals surface area contributed by atoms with Gasteiger partial charge in [0.05, 0.1) is 13.2 Å². The van der Waals surface area contributed by atoms with Crippen molar-refractivity contribution in [2.45, 2.75) is 44.2 Å². The predicted octanol–water partition coefficient (Wildman–Crippen LogP) is 1.80. The van der Waals surface area contributed by atoms with Gasteiger partial charge in [0.15, 0.2) is 0 Å². The lowest BCUT2D eigenvalue weighted by Crippen LogP contribution is -2.44. The topological polar surface area (TPSA) is 193 Å². The summed E-state index contributed by atoms with van der Waals surface area (Å²) in [5.74, 6) is -0.654. The molecule has 1 aliphatic heterocycles. The summed E-state index contributed by atoms with van der Waals surface area (Å²) in [6.45, 7) is 1.22. The van der Waals surface area contributed by atoms with Crippen molar-refractivity contribution < 1.29 is 23.8 Å². The number of esters is 1. The summed E-state index contributed by atoms with van der Waals surface area (Å²) in [7, 11) is 1.22. The Labute approximate surface area is 209 Å². The second kappa shape index (κ2) is 11.0. The number of methoxy groups -OCH3 is 1. The molecule has 1 aromatic carbocycles. The van der Waals surface area contributed by atoms with E-state index in [-0.39, 0.29) is 19.4 Å². The first kappa shape index (κ1) is 25.5. The normalized spacial score (nSPS) is 19.7. The van der Waals surface area contributed by atoms with Crippen molar-refractivity contribution in [2.75, 3.05) is 13.7 Å². The number of H-pyrrole nitrogens is 2. The summed E-state index contributed by atoms with van der Waals surface area (Å²) < 4.78 is 17.1. The number of nitrogens with one attached hydrogen (secondary N) is 3. The number of aryl methyl sites for hydroxylation is 1. The molecule has 14 heteroatoms. The maximum atomic E-state index is 12.6. The Bertz CT molecular complexity index is 1470. The van der Waals surface area contributed by atoms with E-state index in [4.69, 9.17) is 19.7 Å². The molecule has 3 unspecified atom stereocenters. The average molecular weight is 511 g/mol. The van der Waals surface area contributed by atoms with Crippen molar-refractivity contribution in [1.29, 1.82) is 0 Å². The zero-order valence-corrected chi connectivity index (χ0v) is 20.0. The quantitative estimate of drug-likeness (QED) is 0.177. The van der Waals surface area contributed by atoms with Crippen LogP contribution in [0.1, 0.15) is 23.8 Å². The number of benzene rings is 1. The van der Waals surface area contributed by atoms with Gasteiger partial charge in [-0.15, -0.1) is 0 Å². The number of alkyl carbamates (subject to hydrolysis) is 1. The van der Waals surface area contributed by atoms with E-state index < -0.39 is 47.7 Å². The number of rotatable bonds is 8. The number of azide groups is 1. The number of carbonyl (C=O) groups excluding carboxylic acids is 2. The standard InChI is InChI=1S/C23H25N7O7/c1-12-10-30(22(33)27-20(12)31)19-8-16(28-29-24)18(37-19)11-36-23(34)26-17(21(32)35-2)7-13-9-25-15-6-4-3-5-14(13)15/h3-6,9-10,16-19,25H,7-8,11H2,1-2H3,(H,26,34)(H,27,31,33)/t16?,17-,18?,19?/m0/s1. The van der Waals surface area contributed by atoms with Crippen molar-refractivity contribution in [3.63, 3.8) is 0 Å². The smallest absolute Gasteiger partial charge is 0.407 e. The number of carbonyl (C=O) groups is 2. The van der Waals surface area contributed by atoms with E-state index in [2.05, 4.69) is 25.3 Å². The van der Waals surface area contributed by atoms with Crippen molar-refractivity contribution in [3.05, 3.63) is 79.1 Å². The molecule has 1 amide bonds. The fraction of sp³-hybridized carbons (Fsp3) is 0.391. The van der Waals surface area contributed by atoms with E-state index >= 15 is 0 Å². The van der Waals surface area contributed by atoms with E-state index in [1.54, 1.807) is 6.20 Å². The van der Waals surface area contributed by atoms with E-state index in [1.807, 2.05) is 24.3 Å². The molecule has 14 nitrogen and oxygen atoms in total. The van der Waals surface area contributed by atoms with Gasteiger partial charge >= 0.3 is 17.8 Å². The molecule has 37 heavy (non-hydrogen) atoms. The van der Waals surface area contributed by atoms with Gasteiger partial charge < -0.3 is 24.5 Å². The number of nitrogens with zero attached hydrogens (tertiary/aromatic N) is 4. The van der Waals surface area contributed by atoms with Crippen LogP contribution >= 0.6 is 0 Å². The van der Waals surface area contributed by atoms with Gasteiger partial charge in [-0.1, -0.05) is 23.3 Å². The third-order valence-electron chi connectivity index (χ3n) is 6.12. The fourth-order valence-corrected chi connectivity index (χ4v) is 4.22. The Hall–Kier alpha value is -4.55. The molecule has 2 aromatic heterocycles. The predicted molar refractivity (Wildman–Crippen MR) is 130 cm³/mol.